The topological polar surface area (TPSA) is 31.9 Å². The fraction of sp³-hybridized carbons (Fsp3) is 0.667. The molecule has 1 N–H and O–H groups in total. The third kappa shape index (κ3) is 2.61. The van der Waals surface area contributed by atoms with Crippen molar-refractivity contribution in [3.8, 4) is 0 Å². The first kappa shape index (κ1) is 11.6. The van der Waals surface area contributed by atoms with Gasteiger partial charge in [-0.3, -0.25) is 0 Å². The molecule has 4 heteroatoms. The van der Waals surface area contributed by atoms with Crippen LogP contribution < -0.4 is 4.90 Å². The van der Waals surface area contributed by atoms with Gasteiger partial charge in [0.1, 0.15) is 4.64 Å². The summed E-state index contributed by atoms with van der Waals surface area (Å²) in [5, 5.41) is 0. The summed E-state index contributed by atoms with van der Waals surface area (Å²) in [6, 6.07) is 1.97. The van der Waals surface area contributed by atoms with E-state index >= 15 is 0 Å². The van der Waals surface area contributed by atoms with Crippen LogP contribution >= 0.6 is 12.2 Å². The van der Waals surface area contributed by atoms with Gasteiger partial charge in [-0.2, -0.15) is 0 Å². The Morgan fingerprint density at radius 2 is 2.00 bits per heavy atom. The van der Waals surface area contributed by atoms with Crippen molar-refractivity contribution in [2.75, 3.05) is 18.0 Å². The van der Waals surface area contributed by atoms with Gasteiger partial charge in [-0.25, -0.2) is 4.98 Å². The predicted molar refractivity (Wildman–Crippen MR) is 69.6 cm³/mol. The molecule has 1 aromatic heterocycles. The molecule has 0 aromatic carbocycles. The smallest absolute Gasteiger partial charge is 0.204 e. The first-order valence-corrected chi connectivity index (χ1v) is 6.44. The molecule has 0 amide bonds. The van der Waals surface area contributed by atoms with Crippen LogP contribution in [0.4, 0.5) is 5.95 Å². The number of piperidine rings is 1. The number of aromatic amines is 1. The fourth-order valence-corrected chi connectivity index (χ4v) is 2.24. The summed E-state index contributed by atoms with van der Waals surface area (Å²) < 4.78 is 0.697. The van der Waals surface area contributed by atoms with Crippen LogP contribution in [0.25, 0.3) is 0 Å². The van der Waals surface area contributed by atoms with Crippen LogP contribution in [0.2, 0.25) is 0 Å². The molecule has 16 heavy (non-hydrogen) atoms. The maximum atomic E-state index is 5.22. The normalized spacial score (nSPS) is 16.8. The van der Waals surface area contributed by atoms with Crippen molar-refractivity contribution < 1.29 is 0 Å². The third-order valence-corrected chi connectivity index (χ3v) is 3.24. The lowest BCUT2D eigenvalue weighted by Crippen LogP contribution is -2.31. The van der Waals surface area contributed by atoms with Gasteiger partial charge in [0.05, 0.1) is 0 Å². The summed E-state index contributed by atoms with van der Waals surface area (Å²) in [4.78, 5) is 10.1. The van der Waals surface area contributed by atoms with Gasteiger partial charge in [0.2, 0.25) is 5.95 Å². The Balaban J connectivity index is 2.29. The molecule has 0 unspecified atom stereocenters. The maximum Gasteiger partial charge on any atom is 0.204 e. The largest absolute Gasteiger partial charge is 0.342 e. The second kappa shape index (κ2) is 4.95. The number of hydrogen-bond donors (Lipinski definition) is 1. The molecule has 2 heterocycles. The van der Waals surface area contributed by atoms with E-state index in [1.54, 1.807) is 0 Å². The van der Waals surface area contributed by atoms with Crippen molar-refractivity contribution in [2.24, 2.45) is 0 Å². The Bertz CT molecular complexity index is 405. The van der Waals surface area contributed by atoms with Crippen LogP contribution in [0, 0.1) is 4.64 Å². The zero-order valence-corrected chi connectivity index (χ0v) is 10.8. The molecule has 1 fully saturated rings. The molecular weight excluding hydrogens is 218 g/mol. The number of anilines is 1. The molecular formula is C12H19N3S. The fourth-order valence-electron chi connectivity index (χ4n) is 2.03. The minimum absolute atomic E-state index is 0.466. The maximum absolute atomic E-state index is 5.22. The lowest BCUT2D eigenvalue weighted by molar-refractivity contribution is 0.566. The van der Waals surface area contributed by atoms with Gasteiger partial charge in [0, 0.05) is 18.8 Å². The molecule has 1 aromatic rings. The highest BCUT2D eigenvalue weighted by molar-refractivity contribution is 7.71. The standard InChI is InChI=1S/C12H19N3S/c1-9(2)10-8-11(16)14-12(13-10)15-6-4-3-5-7-15/h8-9H,3-7H2,1-2H3,(H,13,14,16). The highest BCUT2D eigenvalue weighted by Crippen LogP contribution is 2.18. The molecule has 1 aliphatic rings. The number of aromatic nitrogens is 2. The molecule has 0 saturated carbocycles. The number of nitrogens with zero attached hydrogens (tertiary/aromatic N) is 2. The van der Waals surface area contributed by atoms with E-state index in [1.807, 2.05) is 6.07 Å². The van der Waals surface area contributed by atoms with E-state index in [0.29, 0.717) is 10.6 Å². The summed E-state index contributed by atoms with van der Waals surface area (Å²) >= 11 is 5.22. The van der Waals surface area contributed by atoms with Crippen LogP contribution in [-0.4, -0.2) is 23.1 Å². The van der Waals surface area contributed by atoms with Gasteiger partial charge in [0.15, 0.2) is 0 Å². The summed E-state index contributed by atoms with van der Waals surface area (Å²) in [6.07, 6.45) is 3.85. The van der Waals surface area contributed by atoms with E-state index in [1.165, 1.54) is 25.0 Å². The number of nitrogens with one attached hydrogen (secondary N) is 1. The van der Waals surface area contributed by atoms with E-state index in [9.17, 15) is 0 Å². The molecule has 3 nitrogen and oxygen atoms in total. The van der Waals surface area contributed by atoms with Crippen molar-refractivity contribution in [3.05, 3.63) is 16.4 Å². The molecule has 0 radical (unpaired) electrons. The van der Waals surface area contributed by atoms with Gasteiger partial charge < -0.3 is 9.88 Å². The molecule has 0 spiro atoms. The minimum Gasteiger partial charge on any atom is -0.342 e. The van der Waals surface area contributed by atoms with E-state index in [2.05, 4.69) is 28.7 Å². The first-order chi connectivity index (χ1) is 7.66. The third-order valence-electron chi connectivity index (χ3n) is 3.03. The highest BCUT2D eigenvalue weighted by atomic mass is 32.1. The zero-order valence-electron chi connectivity index (χ0n) is 9.99. The van der Waals surface area contributed by atoms with Gasteiger partial charge in [-0.1, -0.05) is 26.1 Å². The molecule has 0 atom stereocenters. The molecule has 0 aliphatic carbocycles. The van der Waals surface area contributed by atoms with Crippen molar-refractivity contribution in [1.82, 2.24) is 9.97 Å². The number of hydrogen-bond acceptors (Lipinski definition) is 3. The van der Waals surface area contributed by atoms with Crippen LogP contribution in [0.5, 0.6) is 0 Å². The van der Waals surface area contributed by atoms with Crippen molar-refractivity contribution in [3.63, 3.8) is 0 Å². The van der Waals surface area contributed by atoms with Crippen LogP contribution in [0.3, 0.4) is 0 Å². The van der Waals surface area contributed by atoms with Gasteiger partial charge in [0.25, 0.3) is 0 Å². The summed E-state index contributed by atoms with van der Waals surface area (Å²) in [6.45, 7) is 6.53. The Kier molecular flexibility index (Phi) is 3.59. The van der Waals surface area contributed by atoms with Crippen LogP contribution in [0.15, 0.2) is 6.07 Å². The van der Waals surface area contributed by atoms with Crippen LogP contribution in [-0.2, 0) is 0 Å². The van der Waals surface area contributed by atoms with Gasteiger partial charge in [-0.15, -0.1) is 0 Å². The number of H-pyrrole nitrogens is 1. The quantitative estimate of drug-likeness (QED) is 0.801. The molecule has 0 bridgehead atoms. The van der Waals surface area contributed by atoms with E-state index in [4.69, 9.17) is 12.2 Å². The Morgan fingerprint density at radius 1 is 1.31 bits per heavy atom. The SMILES string of the molecule is CC(C)c1cc(=S)nc(N2CCCCC2)[nH]1. The van der Waals surface area contributed by atoms with E-state index in [0.717, 1.165) is 19.0 Å². The molecule has 1 aliphatic heterocycles. The Labute approximate surface area is 102 Å². The van der Waals surface area contributed by atoms with Gasteiger partial charge in [-0.05, 0) is 31.2 Å². The van der Waals surface area contributed by atoms with Crippen LogP contribution in [0.1, 0.15) is 44.7 Å². The van der Waals surface area contributed by atoms with Crippen molar-refractivity contribution in [2.45, 2.75) is 39.0 Å². The monoisotopic (exact) mass is 237 g/mol. The van der Waals surface area contributed by atoms with Crippen molar-refractivity contribution >= 4 is 18.2 Å². The lowest BCUT2D eigenvalue weighted by Gasteiger charge is -2.27. The summed E-state index contributed by atoms with van der Waals surface area (Å²) in [5.74, 6) is 1.42. The first-order valence-electron chi connectivity index (χ1n) is 6.03. The minimum atomic E-state index is 0.466. The number of rotatable bonds is 2. The lowest BCUT2D eigenvalue weighted by atomic mass is 10.1. The van der Waals surface area contributed by atoms with Crippen molar-refractivity contribution in [1.29, 1.82) is 0 Å². The molecule has 88 valence electrons. The average Bonchev–Trinajstić information content (AvgIpc) is 2.29. The van der Waals surface area contributed by atoms with Gasteiger partial charge >= 0.3 is 0 Å². The predicted octanol–water partition coefficient (Wildman–Crippen LogP) is 3.25. The van der Waals surface area contributed by atoms with E-state index < -0.39 is 0 Å². The zero-order chi connectivity index (χ0) is 11.5. The summed E-state index contributed by atoms with van der Waals surface area (Å²) in [7, 11) is 0. The summed E-state index contributed by atoms with van der Waals surface area (Å²) in [5.41, 5.74) is 1.18. The second-order valence-electron chi connectivity index (χ2n) is 4.70. The van der Waals surface area contributed by atoms with E-state index in [-0.39, 0.29) is 0 Å². The highest BCUT2D eigenvalue weighted by Gasteiger charge is 2.13. The molecule has 1 saturated heterocycles. The molecule has 2 rings (SSSR count). The Hall–Kier alpha value is -0.900. The average molecular weight is 237 g/mol. The second-order valence-corrected chi connectivity index (χ2v) is 5.12. The Morgan fingerprint density at radius 3 is 2.62 bits per heavy atom.